The zero-order chi connectivity index (χ0) is 10.6. The first-order chi connectivity index (χ1) is 6.61. The molecule has 78 valence electrons. The maximum atomic E-state index is 11.4. The smallest absolute Gasteiger partial charge is 0.237 e. The van der Waals surface area contributed by atoms with Gasteiger partial charge >= 0.3 is 0 Å². The second-order valence-corrected chi connectivity index (χ2v) is 3.52. The molecule has 0 aliphatic rings. The fourth-order valence-corrected chi connectivity index (χ4v) is 0.986. The van der Waals surface area contributed by atoms with Gasteiger partial charge in [-0.1, -0.05) is 13.8 Å². The van der Waals surface area contributed by atoms with Crippen LogP contribution in [0.4, 0.5) is 0 Å². The predicted molar refractivity (Wildman–Crippen MR) is 53.2 cm³/mol. The second kappa shape index (κ2) is 4.76. The number of nitrogens with zero attached hydrogens (tertiary/aromatic N) is 1. The van der Waals surface area contributed by atoms with Crippen molar-refractivity contribution in [3.8, 4) is 0 Å². The van der Waals surface area contributed by atoms with Crippen LogP contribution in [0.2, 0.25) is 0 Å². The molecule has 1 aromatic heterocycles. The lowest BCUT2D eigenvalue weighted by molar-refractivity contribution is -0.123. The van der Waals surface area contributed by atoms with Crippen molar-refractivity contribution in [3.05, 3.63) is 18.2 Å². The molecule has 1 rings (SSSR count). The van der Waals surface area contributed by atoms with Gasteiger partial charge in [-0.15, -0.1) is 0 Å². The average Bonchev–Trinajstić information content (AvgIpc) is 2.65. The third-order valence-electron chi connectivity index (χ3n) is 2.01. The van der Waals surface area contributed by atoms with Crippen LogP contribution < -0.4 is 11.1 Å². The van der Waals surface area contributed by atoms with Crippen molar-refractivity contribution < 1.29 is 4.79 Å². The van der Waals surface area contributed by atoms with Crippen molar-refractivity contribution in [2.24, 2.45) is 11.7 Å². The molecule has 0 aromatic carbocycles. The fourth-order valence-electron chi connectivity index (χ4n) is 0.986. The standard InChI is InChI=1S/C9H16N4O/c1-6(2)8(10)9(14)13-5-7-11-3-4-12-7/h3-4,6,8H,5,10H2,1-2H3,(H,11,12)(H,13,14). The number of hydrogen-bond acceptors (Lipinski definition) is 3. The Morgan fingerprint density at radius 3 is 2.93 bits per heavy atom. The molecule has 0 spiro atoms. The molecule has 5 nitrogen and oxygen atoms in total. The highest BCUT2D eigenvalue weighted by atomic mass is 16.2. The summed E-state index contributed by atoms with van der Waals surface area (Å²) < 4.78 is 0. The third-order valence-corrected chi connectivity index (χ3v) is 2.01. The molecule has 0 bridgehead atoms. The predicted octanol–water partition coefficient (Wildman–Crippen LogP) is 0.00920. The first kappa shape index (κ1) is 10.7. The Kier molecular flexibility index (Phi) is 3.64. The van der Waals surface area contributed by atoms with Crippen molar-refractivity contribution in [2.75, 3.05) is 0 Å². The van der Waals surface area contributed by atoms with E-state index < -0.39 is 6.04 Å². The number of nitrogens with one attached hydrogen (secondary N) is 2. The van der Waals surface area contributed by atoms with Crippen LogP contribution in [0.3, 0.4) is 0 Å². The third kappa shape index (κ3) is 2.85. The van der Waals surface area contributed by atoms with E-state index in [2.05, 4.69) is 15.3 Å². The van der Waals surface area contributed by atoms with Crippen LogP contribution in [0, 0.1) is 5.92 Å². The van der Waals surface area contributed by atoms with Gasteiger partial charge < -0.3 is 16.0 Å². The number of rotatable bonds is 4. The van der Waals surface area contributed by atoms with E-state index in [4.69, 9.17) is 5.73 Å². The molecule has 1 atom stereocenters. The molecule has 1 heterocycles. The first-order valence-corrected chi connectivity index (χ1v) is 4.63. The normalized spacial score (nSPS) is 12.9. The van der Waals surface area contributed by atoms with Crippen molar-refractivity contribution in [1.82, 2.24) is 15.3 Å². The van der Waals surface area contributed by atoms with Gasteiger partial charge in [0.05, 0.1) is 12.6 Å². The molecule has 0 saturated heterocycles. The molecule has 0 saturated carbocycles. The number of imidazole rings is 1. The Bertz CT molecular complexity index is 281. The summed E-state index contributed by atoms with van der Waals surface area (Å²) in [4.78, 5) is 18.3. The van der Waals surface area contributed by atoms with E-state index in [0.717, 1.165) is 5.82 Å². The van der Waals surface area contributed by atoms with E-state index in [0.29, 0.717) is 6.54 Å². The van der Waals surface area contributed by atoms with Gasteiger partial charge in [-0.25, -0.2) is 4.98 Å². The van der Waals surface area contributed by atoms with Crippen molar-refractivity contribution in [2.45, 2.75) is 26.4 Å². The lowest BCUT2D eigenvalue weighted by atomic mass is 10.1. The summed E-state index contributed by atoms with van der Waals surface area (Å²) in [5.74, 6) is 0.734. The van der Waals surface area contributed by atoms with Crippen LogP contribution in [0.15, 0.2) is 12.4 Å². The molecule has 5 heteroatoms. The molecule has 0 aliphatic carbocycles. The molecule has 1 amide bonds. The van der Waals surface area contributed by atoms with Gasteiger partial charge in [0.25, 0.3) is 0 Å². The summed E-state index contributed by atoms with van der Waals surface area (Å²) in [6.45, 7) is 4.22. The first-order valence-electron chi connectivity index (χ1n) is 4.63. The Balaban J connectivity index is 2.35. The number of H-pyrrole nitrogens is 1. The number of hydrogen-bond donors (Lipinski definition) is 3. The highest BCUT2D eigenvalue weighted by Gasteiger charge is 2.16. The maximum Gasteiger partial charge on any atom is 0.237 e. The fraction of sp³-hybridized carbons (Fsp3) is 0.556. The van der Waals surface area contributed by atoms with Gasteiger partial charge in [-0.2, -0.15) is 0 Å². The number of amides is 1. The molecule has 0 aliphatic heterocycles. The van der Waals surface area contributed by atoms with Gasteiger partial charge in [0.2, 0.25) is 5.91 Å². The molecular formula is C9H16N4O. The van der Waals surface area contributed by atoms with Gasteiger partial charge in [-0.05, 0) is 5.92 Å². The highest BCUT2D eigenvalue weighted by molar-refractivity contribution is 5.81. The van der Waals surface area contributed by atoms with Crippen molar-refractivity contribution >= 4 is 5.91 Å². The van der Waals surface area contributed by atoms with E-state index in [9.17, 15) is 4.79 Å². The molecule has 1 aromatic rings. The number of aromatic amines is 1. The second-order valence-electron chi connectivity index (χ2n) is 3.52. The number of aromatic nitrogens is 2. The van der Waals surface area contributed by atoms with Crippen molar-refractivity contribution in [3.63, 3.8) is 0 Å². The van der Waals surface area contributed by atoms with E-state index in [1.807, 2.05) is 13.8 Å². The number of nitrogens with two attached hydrogens (primary N) is 1. The van der Waals surface area contributed by atoms with Crippen LogP contribution in [-0.2, 0) is 11.3 Å². The molecule has 0 radical (unpaired) electrons. The van der Waals surface area contributed by atoms with Crippen LogP contribution in [-0.4, -0.2) is 21.9 Å². The summed E-state index contributed by atoms with van der Waals surface area (Å²) in [5, 5.41) is 2.71. The highest BCUT2D eigenvalue weighted by Crippen LogP contribution is 1.98. The molecule has 4 N–H and O–H groups in total. The molecule has 14 heavy (non-hydrogen) atoms. The molecule has 1 unspecified atom stereocenters. The van der Waals surface area contributed by atoms with Gasteiger partial charge in [-0.3, -0.25) is 4.79 Å². The van der Waals surface area contributed by atoms with E-state index >= 15 is 0 Å². The topological polar surface area (TPSA) is 83.8 Å². The summed E-state index contributed by atoms with van der Waals surface area (Å²) in [6.07, 6.45) is 3.35. The summed E-state index contributed by atoms with van der Waals surface area (Å²) >= 11 is 0. The van der Waals surface area contributed by atoms with Crippen LogP contribution in [0.1, 0.15) is 19.7 Å². The largest absolute Gasteiger partial charge is 0.348 e. The summed E-state index contributed by atoms with van der Waals surface area (Å²) in [5.41, 5.74) is 5.66. The van der Waals surface area contributed by atoms with E-state index in [-0.39, 0.29) is 11.8 Å². The van der Waals surface area contributed by atoms with Gasteiger partial charge in [0, 0.05) is 12.4 Å². The Labute approximate surface area is 83.1 Å². The summed E-state index contributed by atoms with van der Waals surface area (Å²) in [6, 6.07) is -0.454. The van der Waals surface area contributed by atoms with Crippen molar-refractivity contribution in [1.29, 1.82) is 0 Å². The van der Waals surface area contributed by atoms with E-state index in [1.165, 1.54) is 0 Å². The monoisotopic (exact) mass is 196 g/mol. The lowest BCUT2D eigenvalue weighted by Gasteiger charge is -2.14. The van der Waals surface area contributed by atoms with Crippen LogP contribution in [0.5, 0.6) is 0 Å². The SMILES string of the molecule is CC(C)C(N)C(=O)NCc1ncc[nH]1. The van der Waals surface area contributed by atoms with Crippen LogP contribution >= 0.6 is 0 Å². The maximum absolute atomic E-state index is 11.4. The quantitative estimate of drug-likeness (QED) is 0.634. The van der Waals surface area contributed by atoms with E-state index in [1.54, 1.807) is 12.4 Å². The minimum Gasteiger partial charge on any atom is -0.348 e. The molecular weight excluding hydrogens is 180 g/mol. The van der Waals surface area contributed by atoms with Gasteiger partial charge in [0.15, 0.2) is 0 Å². The minimum atomic E-state index is -0.454. The Morgan fingerprint density at radius 1 is 1.71 bits per heavy atom. The lowest BCUT2D eigenvalue weighted by Crippen LogP contribution is -2.43. The number of carbonyl (C=O) groups is 1. The Hall–Kier alpha value is -1.36. The summed E-state index contributed by atoms with van der Waals surface area (Å²) in [7, 11) is 0. The molecule has 0 fully saturated rings. The zero-order valence-electron chi connectivity index (χ0n) is 8.45. The van der Waals surface area contributed by atoms with Crippen LogP contribution in [0.25, 0.3) is 0 Å². The Morgan fingerprint density at radius 2 is 2.43 bits per heavy atom. The van der Waals surface area contributed by atoms with Gasteiger partial charge in [0.1, 0.15) is 5.82 Å². The minimum absolute atomic E-state index is 0.142. The number of carbonyl (C=O) groups excluding carboxylic acids is 1. The zero-order valence-corrected chi connectivity index (χ0v) is 8.45. The average molecular weight is 196 g/mol.